The van der Waals surface area contributed by atoms with Crippen molar-refractivity contribution in [1.29, 1.82) is 5.26 Å². The van der Waals surface area contributed by atoms with Crippen molar-refractivity contribution >= 4 is 0 Å². The molecule has 1 aromatic heterocycles. The van der Waals surface area contributed by atoms with Gasteiger partial charge in [-0.25, -0.2) is 0 Å². The highest BCUT2D eigenvalue weighted by Crippen LogP contribution is 2.19. The van der Waals surface area contributed by atoms with Gasteiger partial charge in [0.05, 0.1) is 11.3 Å². The standard InChI is InChI=1S/C9H6N4O/c10-4-7-1-2-8(14)3-9(7)13-5-11-12-6-13/h1-3,5-6,14H. The van der Waals surface area contributed by atoms with E-state index in [2.05, 4.69) is 10.2 Å². The lowest BCUT2D eigenvalue weighted by atomic mass is 10.2. The van der Waals surface area contributed by atoms with E-state index in [4.69, 9.17) is 5.26 Å². The third-order valence-electron chi connectivity index (χ3n) is 1.80. The van der Waals surface area contributed by atoms with Crippen LogP contribution in [0.15, 0.2) is 30.9 Å². The summed E-state index contributed by atoms with van der Waals surface area (Å²) in [5.41, 5.74) is 1.03. The molecular weight excluding hydrogens is 180 g/mol. The molecule has 0 unspecified atom stereocenters. The summed E-state index contributed by atoms with van der Waals surface area (Å²) >= 11 is 0. The number of hydrogen-bond donors (Lipinski definition) is 1. The van der Waals surface area contributed by atoms with Crippen LogP contribution in [0.25, 0.3) is 5.69 Å². The fourth-order valence-corrected chi connectivity index (χ4v) is 1.15. The highest BCUT2D eigenvalue weighted by Gasteiger charge is 2.04. The molecular formula is C9H6N4O. The van der Waals surface area contributed by atoms with Crippen LogP contribution in [-0.2, 0) is 0 Å². The van der Waals surface area contributed by atoms with Gasteiger partial charge < -0.3 is 5.11 Å². The van der Waals surface area contributed by atoms with E-state index in [1.165, 1.54) is 24.8 Å². The van der Waals surface area contributed by atoms with Gasteiger partial charge in [0.2, 0.25) is 0 Å². The van der Waals surface area contributed by atoms with Crippen molar-refractivity contribution in [3.63, 3.8) is 0 Å². The monoisotopic (exact) mass is 186 g/mol. The van der Waals surface area contributed by atoms with Gasteiger partial charge in [-0.05, 0) is 12.1 Å². The minimum atomic E-state index is 0.104. The molecule has 0 aliphatic heterocycles. The van der Waals surface area contributed by atoms with Gasteiger partial charge in [-0.3, -0.25) is 4.57 Å². The summed E-state index contributed by atoms with van der Waals surface area (Å²) in [4.78, 5) is 0. The van der Waals surface area contributed by atoms with Gasteiger partial charge in [-0.1, -0.05) is 0 Å². The number of aromatic hydroxyl groups is 1. The van der Waals surface area contributed by atoms with Crippen LogP contribution >= 0.6 is 0 Å². The summed E-state index contributed by atoms with van der Waals surface area (Å²) in [6.07, 6.45) is 2.94. The van der Waals surface area contributed by atoms with Crippen LogP contribution in [0.1, 0.15) is 5.56 Å². The molecule has 1 aromatic carbocycles. The van der Waals surface area contributed by atoms with Crippen LogP contribution in [-0.4, -0.2) is 19.9 Å². The third-order valence-corrected chi connectivity index (χ3v) is 1.80. The first kappa shape index (κ1) is 8.26. The van der Waals surface area contributed by atoms with Gasteiger partial charge in [-0.15, -0.1) is 10.2 Å². The summed E-state index contributed by atoms with van der Waals surface area (Å²) in [6.45, 7) is 0. The molecule has 0 fully saturated rings. The second-order valence-electron chi connectivity index (χ2n) is 2.68. The van der Waals surface area contributed by atoms with Gasteiger partial charge in [0.25, 0.3) is 0 Å². The van der Waals surface area contributed by atoms with E-state index in [1.807, 2.05) is 6.07 Å². The first-order valence-corrected chi connectivity index (χ1v) is 3.89. The number of aromatic nitrogens is 3. The average molecular weight is 186 g/mol. The summed E-state index contributed by atoms with van der Waals surface area (Å²) in [5.74, 6) is 0.104. The molecule has 0 atom stereocenters. The first-order chi connectivity index (χ1) is 6.81. The van der Waals surface area contributed by atoms with Crippen LogP contribution < -0.4 is 0 Å². The molecule has 0 aliphatic rings. The molecule has 0 radical (unpaired) electrons. The lowest BCUT2D eigenvalue weighted by Gasteiger charge is -2.03. The quantitative estimate of drug-likeness (QED) is 0.716. The number of phenols is 1. The van der Waals surface area contributed by atoms with E-state index in [1.54, 1.807) is 10.6 Å². The van der Waals surface area contributed by atoms with Gasteiger partial charge in [0.1, 0.15) is 24.5 Å². The summed E-state index contributed by atoms with van der Waals surface area (Å²) in [7, 11) is 0. The van der Waals surface area contributed by atoms with Crippen LogP contribution in [0.4, 0.5) is 0 Å². The fourth-order valence-electron chi connectivity index (χ4n) is 1.15. The lowest BCUT2D eigenvalue weighted by molar-refractivity contribution is 0.475. The molecule has 5 heteroatoms. The second kappa shape index (κ2) is 3.18. The predicted molar refractivity (Wildman–Crippen MR) is 47.7 cm³/mol. The number of phenolic OH excluding ortho intramolecular Hbond substituents is 1. The molecule has 0 spiro atoms. The van der Waals surface area contributed by atoms with Crippen molar-refractivity contribution in [2.24, 2.45) is 0 Å². The van der Waals surface area contributed by atoms with Crippen molar-refractivity contribution in [1.82, 2.24) is 14.8 Å². The minimum Gasteiger partial charge on any atom is -0.508 e. The van der Waals surface area contributed by atoms with Crippen molar-refractivity contribution in [3.05, 3.63) is 36.4 Å². The van der Waals surface area contributed by atoms with Crippen molar-refractivity contribution in [2.75, 3.05) is 0 Å². The maximum atomic E-state index is 9.27. The van der Waals surface area contributed by atoms with Gasteiger partial charge in [-0.2, -0.15) is 5.26 Å². The second-order valence-corrected chi connectivity index (χ2v) is 2.68. The maximum absolute atomic E-state index is 9.27. The van der Waals surface area contributed by atoms with Crippen LogP contribution in [0.2, 0.25) is 0 Å². The zero-order valence-electron chi connectivity index (χ0n) is 7.12. The van der Waals surface area contributed by atoms with E-state index in [-0.39, 0.29) is 5.75 Å². The molecule has 0 saturated carbocycles. The van der Waals surface area contributed by atoms with E-state index in [0.29, 0.717) is 11.3 Å². The Morgan fingerprint density at radius 3 is 2.64 bits per heavy atom. The van der Waals surface area contributed by atoms with E-state index >= 15 is 0 Å². The van der Waals surface area contributed by atoms with Crippen LogP contribution in [0.3, 0.4) is 0 Å². The number of hydrogen-bond acceptors (Lipinski definition) is 4. The van der Waals surface area contributed by atoms with Gasteiger partial charge in [0.15, 0.2) is 0 Å². The average Bonchev–Trinajstić information content (AvgIpc) is 2.70. The zero-order chi connectivity index (χ0) is 9.97. The smallest absolute Gasteiger partial charge is 0.123 e. The Morgan fingerprint density at radius 1 is 1.29 bits per heavy atom. The zero-order valence-corrected chi connectivity index (χ0v) is 7.12. The molecule has 1 heterocycles. The SMILES string of the molecule is N#Cc1ccc(O)cc1-n1cnnc1. The van der Waals surface area contributed by atoms with Crippen molar-refractivity contribution in [3.8, 4) is 17.5 Å². The molecule has 0 amide bonds. The molecule has 5 nitrogen and oxygen atoms in total. The van der Waals surface area contributed by atoms with E-state index in [0.717, 1.165) is 0 Å². The molecule has 1 N–H and O–H groups in total. The number of nitrogens with zero attached hydrogens (tertiary/aromatic N) is 4. The molecule has 14 heavy (non-hydrogen) atoms. The Kier molecular flexibility index (Phi) is 1.88. The summed E-state index contributed by atoms with van der Waals surface area (Å²) in [6, 6.07) is 6.52. The van der Waals surface area contributed by atoms with Crippen molar-refractivity contribution in [2.45, 2.75) is 0 Å². The Bertz CT molecular complexity index is 484. The molecule has 0 saturated heterocycles. The molecule has 0 aliphatic carbocycles. The molecule has 2 rings (SSSR count). The normalized spacial score (nSPS) is 9.64. The minimum absolute atomic E-state index is 0.104. The Balaban J connectivity index is 2.63. The van der Waals surface area contributed by atoms with Gasteiger partial charge in [0, 0.05) is 6.07 Å². The predicted octanol–water partition coefficient (Wildman–Crippen LogP) is 0.845. The maximum Gasteiger partial charge on any atom is 0.123 e. The summed E-state index contributed by atoms with van der Waals surface area (Å²) in [5, 5.41) is 25.3. The van der Waals surface area contributed by atoms with Crippen molar-refractivity contribution < 1.29 is 5.11 Å². The fraction of sp³-hybridized carbons (Fsp3) is 0. The van der Waals surface area contributed by atoms with E-state index < -0.39 is 0 Å². The van der Waals surface area contributed by atoms with E-state index in [9.17, 15) is 5.11 Å². The third kappa shape index (κ3) is 1.29. The lowest BCUT2D eigenvalue weighted by Crippen LogP contribution is -1.93. The topological polar surface area (TPSA) is 74.7 Å². The Hall–Kier alpha value is -2.35. The first-order valence-electron chi connectivity index (χ1n) is 3.89. The number of nitriles is 1. The Labute approximate surface area is 79.9 Å². The highest BCUT2D eigenvalue weighted by atomic mass is 16.3. The largest absolute Gasteiger partial charge is 0.508 e. The molecule has 2 aromatic rings. The highest BCUT2D eigenvalue weighted by molar-refractivity contribution is 5.51. The van der Waals surface area contributed by atoms with Gasteiger partial charge >= 0.3 is 0 Å². The molecule has 68 valence electrons. The summed E-state index contributed by atoms with van der Waals surface area (Å²) < 4.78 is 1.57. The number of rotatable bonds is 1. The Morgan fingerprint density at radius 2 is 2.00 bits per heavy atom. The van der Waals surface area contributed by atoms with Crippen LogP contribution in [0, 0.1) is 11.3 Å². The van der Waals surface area contributed by atoms with Crippen LogP contribution in [0.5, 0.6) is 5.75 Å². The molecule has 0 bridgehead atoms. The number of benzene rings is 1.